The van der Waals surface area contributed by atoms with Gasteiger partial charge in [0.25, 0.3) is 0 Å². The number of para-hydroxylation sites is 1. The Labute approximate surface area is 260 Å². The molecule has 0 atom stereocenters. The lowest BCUT2D eigenvalue weighted by Crippen LogP contribution is -2.02. The van der Waals surface area contributed by atoms with Gasteiger partial charge < -0.3 is 4.57 Å². The van der Waals surface area contributed by atoms with Gasteiger partial charge in [0.2, 0.25) is 0 Å². The third kappa shape index (κ3) is 4.85. The summed E-state index contributed by atoms with van der Waals surface area (Å²) in [6.07, 6.45) is 0. The summed E-state index contributed by atoms with van der Waals surface area (Å²) in [5.41, 5.74) is 8.53. The van der Waals surface area contributed by atoms with Crippen molar-refractivity contribution in [1.82, 2.24) is 19.5 Å². The lowest BCUT2D eigenvalue weighted by atomic mass is 9.97. The summed E-state index contributed by atoms with van der Waals surface area (Å²) in [5.74, 6) is 1.37. The molecule has 0 fully saturated rings. The van der Waals surface area contributed by atoms with Crippen LogP contribution in [-0.2, 0) is 0 Å². The highest BCUT2D eigenvalue weighted by Gasteiger charge is 2.19. The minimum Gasteiger partial charge on any atom is -0.309 e. The molecule has 6 aromatic carbocycles. The zero-order valence-electron chi connectivity index (χ0n) is 24.5. The summed E-state index contributed by atoms with van der Waals surface area (Å²) in [6, 6.07) is 47.8. The molecule has 0 aliphatic rings. The van der Waals surface area contributed by atoms with Gasteiger partial charge in [-0.15, -0.1) is 0 Å². The van der Waals surface area contributed by atoms with Crippen molar-refractivity contribution in [3.8, 4) is 51.0 Å². The summed E-state index contributed by atoms with van der Waals surface area (Å²) >= 11 is 0. The van der Waals surface area contributed by atoms with E-state index >= 15 is 0 Å². The minimum atomic E-state index is -0.304. The maximum atomic E-state index is 14.7. The largest absolute Gasteiger partial charge is 0.309 e. The Balaban J connectivity index is 1.40. The van der Waals surface area contributed by atoms with Crippen LogP contribution in [0.25, 0.3) is 72.8 Å². The number of halogens is 1. The molecule has 0 aliphatic carbocycles. The third-order valence-electron chi connectivity index (χ3n) is 8.17. The molecule has 4 nitrogen and oxygen atoms in total. The minimum absolute atomic E-state index is 0.304. The van der Waals surface area contributed by atoms with Gasteiger partial charge in [-0.2, -0.15) is 0 Å². The van der Waals surface area contributed by atoms with Gasteiger partial charge in [-0.1, -0.05) is 103 Å². The molecule has 5 heteroatoms. The zero-order chi connectivity index (χ0) is 30.3. The Hall–Kier alpha value is -5.94. The molecule has 214 valence electrons. The summed E-state index contributed by atoms with van der Waals surface area (Å²) < 4.78 is 17.0. The molecule has 0 amide bonds. The maximum absolute atomic E-state index is 14.7. The second-order valence-corrected chi connectivity index (χ2v) is 11.2. The highest BCUT2D eigenvalue weighted by Crippen LogP contribution is 2.38. The molecular formula is C40H27FN4. The van der Waals surface area contributed by atoms with E-state index in [1.165, 1.54) is 22.4 Å². The number of hydrogen-bond acceptors (Lipinski definition) is 3. The average molecular weight is 583 g/mol. The first-order valence-corrected chi connectivity index (χ1v) is 14.9. The van der Waals surface area contributed by atoms with E-state index < -0.39 is 0 Å². The molecule has 0 aliphatic heterocycles. The molecular weight excluding hydrogens is 555 g/mol. The molecule has 0 spiro atoms. The van der Waals surface area contributed by atoms with Crippen molar-refractivity contribution in [2.45, 2.75) is 6.92 Å². The van der Waals surface area contributed by atoms with Gasteiger partial charge in [-0.05, 0) is 66.6 Å². The fourth-order valence-electron chi connectivity index (χ4n) is 6.06. The third-order valence-corrected chi connectivity index (χ3v) is 8.17. The average Bonchev–Trinajstić information content (AvgIpc) is 3.42. The summed E-state index contributed by atoms with van der Waals surface area (Å²) in [7, 11) is 0. The first-order chi connectivity index (χ1) is 22.1. The van der Waals surface area contributed by atoms with Crippen LogP contribution in [0, 0.1) is 12.7 Å². The molecule has 0 radical (unpaired) electrons. The van der Waals surface area contributed by atoms with E-state index in [0.29, 0.717) is 17.5 Å². The number of aromatic nitrogens is 4. The van der Waals surface area contributed by atoms with Crippen LogP contribution in [0.3, 0.4) is 0 Å². The van der Waals surface area contributed by atoms with Gasteiger partial charge in [0.15, 0.2) is 17.5 Å². The van der Waals surface area contributed by atoms with E-state index in [4.69, 9.17) is 15.0 Å². The van der Waals surface area contributed by atoms with Crippen LogP contribution < -0.4 is 0 Å². The normalized spacial score (nSPS) is 11.3. The van der Waals surface area contributed by atoms with Crippen LogP contribution in [0.4, 0.5) is 4.39 Å². The van der Waals surface area contributed by atoms with E-state index in [9.17, 15) is 4.39 Å². The summed E-state index contributed by atoms with van der Waals surface area (Å²) in [5, 5.41) is 2.38. The van der Waals surface area contributed by atoms with Crippen molar-refractivity contribution in [1.29, 1.82) is 0 Å². The summed E-state index contributed by atoms with van der Waals surface area (Å²) in [4.78, 5) is 14.8. The number of fused-ring (bicyclic) bond motifs is 3. The molecule has 0 saturated carbocycles. The lowest BCUT2D eigenvalue weighted by molar-refractivity contribution is 0.628. The summed E-state index contributed by atoms with van der Waals surface area (Å²) in [6.45, 7) is 2.12. The molecule has 8 rings (SSSR count). The fourth-order valence-corrected chi connectivity index (χ4v) is 6.06. The van der Waals surface area contributed by atoms with Crippen molar-refractivity contribution in [3.63, 3.8) is 0 Å². The van der Waals surface area contributed by atoms with Crippen LogP contribution in [0.1, 0.15) is 5.56 Å². The molecule has 8 aromatic rings. The van der Waals surface area contributed by atoms with Crippen LogP contribution in [0.15, 0.2) is 146 Å². The SMILES string of the molecule is Cc1ccc2c(c1)c1ccccc1n2-c1ccc(-c2nc(-c3ccccc3)nc(-c3ccccc3)n2)c(-c2cccc(F)c2)c1. The van der Waals surface area contributed by atoms with Gasteiger partial charge in [0, 0.05) is 33.2 Å². The fraction of sp³-hybridized carbons (Fsp3) is 0.0250. The van der Waals surface area contributed by atoms with Gasteiger partial charge >= 0.3 is 0 Å². The Kier molecular flexibility index (Phi) is 6.50. The molecule has 45 heavy (non-hydrogen) atoms. The molecule has 0 N–H and O–H groups in total. The van der Waals surface area contributed by atoms with E-state index in [2.05, 4.69) is 66.1 Å². The number of hydrogen-bond donors (Lipinski definition) is 0. The number of rotatable bonds is 5. The van der Waals surface area contributed by atoms with E-state index in [1.54, 1.807) is 12.1 Å². The molecule has 2 heterocycles. The van der Waals surface area contributed by atoms with Gasteiger partial charge in [0.1, 0.15) is 5.82 Å². The second-order valence-electron chi connectivity index (χ2n) is 11.2. The van der Waals surface area contributed by atoms with Crippen molar-refractivity contribution in [2.24, 2.45) is 0 Å². The zero-order valence-corrected chi connectivity index (χ0v) is 24.5. The number of benzene rings is 6. The number of aryl methyl sites for hydroxylation is 1. The maximum Gasteiger partial charge on any atom is 0.164 e. The topological polar surface area (TPSA) is 43.6 Å². The molecule has 2 aromatic heterocycles. The van der Waals surface area contributed by atoms with Crippen molar-refractivity contribution >= 4 is 21.8 Å². The Morgan fingerprint density at radius 1 is 0.467 bits per heavy atom. The van der Waals surface area contributed by atoms with E-state index in [1.807, 2.05) is 72.8 Å². The first kappa shape index (κ1) is 26.7. The van der Waals surface area contributed by atoms with Crippen LogP contribution in [-0.4, -0.2) is 19.5 Å². The Morgan fingerprint density at radius 2 is 1.09 bits per heavy atom. The highest BCUT2D eigenvalue weighted by atomic mass is 19.1. The predicted octanol–water partition coefficient (Wildman–Crippen LogP) is 10.1. The van der Waals surface area contributed by atoms with Crippen LogP contribution >= 0.6 is 0 Å². The smallest absolute Gasteiger partial charge is 0.164 e. The van der Waals surface area contributed by atoms with Crippen molar-refractivity contribution < 1.29 is 4.39 Å². The standard InChI is InChI=1S/C40H27FN4/c1-26-19-22-37-35(23-26)32-17-8-9-18-36(32)45(37)31-20-21-33(34(25-31)29-15-10-16-30(41)24-29)40-43-38(27-11-4-2-5-12-27)42-39(44-40)28-13-6-3-7-14-28/h2-25H,1H3. The Morgan fingerprint density at radius 3 is 1.80 bits per heavy atom. The van der Waals surface area contributed by atoms with Crippen LogP contribution in [0.2, 0.25) is 0 Å². The van der Waals surface area contributed by atoms with Gasteiger partial charge in [0.05, 0.1) is 11.0 Å². The molecule has 0 bridgehead atoms. The highest BCUT2D eigenvalue weighted by molar-refractivity contribution is 6.09. The second kappa shape index (κ2) is 11.0. The van der Waals surface area contributed by atoms with Gasteiger partial charge in [-0.3, -0.25) is 0 Å². The van der Waals surface area contributed by atoms with E-state index in [-0.39, 0.29) is 5.82 Å². The van der Waals surface area contributed by atoms with Crippen molar-refractivity contribution in [3.05, 3.63) is 157 Å². The predicted molar refractivity (Wildman–Crippen MR) is 181 cm³/mol. The van der Waals surface area contributed by atoms with Gasteiger partial charge in [-0.25, -0.2) is 19.3 Å². The Bertz CT molecular complexity index is 2290. The quantitative estimate of drug-likeness (QED) is 0.203. The number of nitrogens with zero attached hydrogens (tertiary/aromatic N) is 4. The molecule has 0 saturated heterocycles. The van der Waals surface area contributed by atoms with Crippen LogP contribution in [0.5, 0.6) is 0 Å². The van der Waals surface area contributed by atoms with E-state index in [0.717, 1.165) is 44.5 Å². The lowest BCUT2D eigenvalue weighted by Gasteiger charge is -2.15. The molecule has 0 unspecified atom stereocenters. The monoisotopic (exact) mass is 582 g/mol. The van der Waals surface area contributed by atoms with Crippen molar-refractivity contribution in [2.75, 3.05) is 0 Å². The first-order valence-electron chi connectivity index (χ1n) is 14.9.